The summed E-state index contributed by atoms with van der Waals surface area (Å²) in [6, 6.07) is 1.82. The number of fused-ring (bicyclic) bond motifs is 1. The molecule has 0 unspecified atom stereocenters. The highest BCUT2D eigenvalue weighted by molar-refractivity contribution is 5.79. The lowest BCUT2D eigenvalue weighted by Crippen LogP contribution is -2.23. The van der Waals surface area contributed by atoms with Gasteiger partial charge in [0, 0.05) is 17.5 Å². The fourth-order valence-corrected chi connectivity index (χ4v) is 1.84. The van der Waals surface area contributed by atoms with Crippen LogP contribution >= 0.6 is 0 Å². The zero-order valence-corrected chi connectivity index (χ0v) is 9.61. The first-order valence-corrected chi connectivity index (χ1v) is 5.19. The van der Waals surface area contributed by atoms with Crippen molar-refractivity contribution in [2.75, 3.05) is 5.73 Å². The summed E-state index contributed by atoms with van der Waals surface area (Å²) in [7, 11) is 0. The number of anilines is 1. The number of rotatable bonds is 1. The van der Waals surface area contributed by atoms with Gasteiger partial charge in [-0.05, 0) is 26.8 Å². The Morgan fingerprint density at radius 3 is 2.69 bits per heavy atom. The lowest BCUT2D eigenvalue weighted by Gasteiger charge is -2.10. The molecular weight excluding hydrogens is 204 g/mol. The molecule has 16 heavy (non-hydrogen) atoms. The third-order valence-electron chi connectivity index (χ3n) is 2.65. The van der Waals surface area contributed by atoms with Crippen molar-refractivity contribution in [3.05, 3.63) is 27.7 Å². The summed E-state index contributed by atoms with van der Waals surface area (Å²) < 4.78 is 1.62. The Bertz CT molecular complexity index is 615. The number of nitrogen functional groups attached to an aromatic ring is 1. The van der Waals surface area contributed by atoms with Crippen LogP contribution in [0.3, 0.4) is 0 Å². The first-order valence-electron chi connectivity index (χ1n) is 5.19. The Kier molecular flexibility index (Phi) is 2.38. The molecule has 5 nitrogen and oxygen atoms in total. The van der Waals surface area contributed by atoms with Gasteiger partial charge in [0.2, 0.25) is 5.95 Å². The predicted octanol–water partition coefficient (Wildman–Crippen LogP) is 1.01. The largest absolute Gasteiger partial charge is 0.368 e. The molecule has 0 fully saturated rings. The highest BCUT2D eigenvalue weighted by Crippen LogP contribution is 2.15. The molecule has 2 heterocycles. The molecule has 0 atom stereocenters. The van der Waals surface area contributed by atoms with Gasteiger partial charge >= 0.3 is 0 Å². The molecule has 0 bridgehead atoms. The van der Waals surface area contributed by atoms with Crippen molar-refractivity contribution < 1.29 is 0 Å². The van der Waals surface area contributed by atoms with E-state index in [1.165, 1.54) is 0 Å². The second-order valence-corrected chi connectivity index (χ2v) is 3.78. The molecule has 84 valence electrons. The summed E-state index contributed by atoms with van der Waals surface area (Å²) in [5, 5.41) is 0.883. The minimum Gasteiger partial charge on any atom is -0.368 e. The van der Waals surface area contributed by atoms with E-state index in [0.29, 0.717) is 17.8 Å². The highest BCUT2D eigenvalue weighted by atomic mass is 16.1. The SMILES string of the molecule is CCn1c(=O)c(C)cc2c(C)nc(N)nc21. The molecular formula is C11H14N4O. The van der Waals surface area contributed by atoms with Gasteiger partial charge in [0.15, 0.2) is 0 Å². The Hall–Kier alpha value is -1.91. The fraction of sp³-hybridized carbons (Fsp3) is 0.364. The van der Waals surface area contributed by atoms with Gasteiger partial charge in [-0.15, -0.1) is 0 Å². The van der Waals surface area contributed by atoms with E-state index in [4.69, 9.17) is 5.73 Å². The summed E-state index contributed by atoms with van der Waals surface area (Å²) in [5.41, 5.74) is 7.69. The molecule has 0 aliphatic carbocycles. The Balaban J connectivity index is 3.02. The van der Waals surface area contributed by atoms with Crippen LogP contribution < -0.4 is 11.3 Å². The predicted molar refractivity (Wildman–Crippen MR) is 63.4 cm³/mol. The molecule has 5 heteroatoms. The number of hydrogen-bond acceptors (Lipinski definition) is 4. The lowest BCUT2D eigenvalue weighted by molar-refractivity contribution is 0.742. The van der Waals surface area contributed by atoms with Crippen molar-refractivity contribution in [2.45, 2.75) is 27.3 Å². The molecule has 2 aromatic rings. The smallest absolute Gasteiger partial charge is 0.255 e. The van der Waals surface area contributed by atoms with Gasteiger partial charge < -0.3 is 5.73 Å². The summed E-state index contributed by atoms with van der Waals surface area (Å²) in [4.78, 5) is 20.1. The Morgan fingerprint density at radius 2 is 2.06 bits per heavy atom. The second-order valence-electron chi connectivity index (χ2n) is 3.78. The summed E-state index contributed by atoms with van der Waals surface area (Å²) in [6.07, 6.45) is 0. The Labute approximate surface area is 92.9 Å². The summed E-state index contributed by atoms with van der Waals surface area (Å²) in [6.45, 7) is 6.15. The monoisotopic (exact) mass is 218 g/mol. The summed E-state index contributed by atoms with van der Waals surface area (Å²) in [5.74, 6) is 0.204. The first kappa shape index (κ1) is 10.6. The van der Waals surface area contributed by atoms with Crippen LogP contribution in [0.25, 0.3) is 11.0 Å². The van der Waals surface area contributed by atoms with Crippen LogP contribution in [0, 0.1) is 13.8 Å². The zero-order valence-electron chi connectivity index (χ0n) is 9.61. The third kappa shape index (κ3) is 1.44. The van der Waals surface area contributed by atoms with Crippen LogP contribution in [0.1, 0.15) is 18.2 Å². The molecule has 0 aliphatic heterocycles. The van der Waals surface area contributed by atoms with E-state index >= 15 is 0 Å². The van der Waals surface area contributed by atoms with Gasteiger partial charge in [0.05, 0.1) is 5.69 Å². The fourth-order valence-electron chi connectivity index (χ4n) is 1.84. The maximum Gasteiger partial charge on any atom is 0.255 e. The second kappa shape index (κ2) is 3.59. The average molecular weight is 218 g/mol. The molecule has 0 aromatic carbocycles. The molecule has 2 N–H and O–H groups in total. The molecule has 0 saturated carbocycles. The maximum atomic E-state index is 11.9. The van der Waals surface area contributed by atoms with Gasteiger partial charge in [-0.1, -0.05) is 0 Å². The third-order valence-corrected chi connectivity index (χ3v) is 2.65. The van der Waals surface area contributed by atoms with Crippen molar-refractivity contribution >= 4 is 17.0 Å². The van der Waals surface area contributed by atoms with Gasteiger partial charge in [-0.2, -0.15) is 4.98 Å². The van der Waals surface area contributed by atoms with E-state index in [1.54, 1.807) is 11.5 Å². The van der Waals surface area contributed by atoms with E-state index in [2.05, 4.69) is 9.97 Å². The van der Waals surface area contributed by atoms with Crippen molar-refractivity contribution in [2.24, 2.45) is 0 Å². The van der Waals surface area contributed by atoms with Crippen molar-refractivity contribution in [1.82, 2.24) is 14.5 Å². The standard InChI is InChI=1S/C11H14N4O/c1-4-15-9-8(5-6(2)10(15)16)7(3)13-11(12)14-9/h5H,4H2,1-3H3,(H2,12,13,14). The van der Waals surface area contributed by atoms with Crippen LogP contribution in [0.4, 0.5) is 5.95 Å². The van der Waals surface area contributed by atoms with E-state index in [0.717, 1.165) is 11.1 Å². The molecule has 0 saturated heterocycles. The van der Waals surface area contributed by atoms with Crippen molar-refractivity contribution in [1.29, 1.82) is 0 Å². The van der Waals surface area contributed by atoms with E-state index in [9.17, 15) is 4.79 Å². The number of aromatic nitrogens is 3. The Morgan fingerprint density at radius 1 is 1.38 bits per heavy atom. The first-order chi connectivity index (χ1) is 7.54. The number of aryl methyl sites for hydroxylation is 3. The molecule has 2 rings (SSSR count). The van der Waals surface area contributed by atoms with Crippen LogP contribution in [0.2, 0.25) is 0 Å². The minimum atomic E-state index is -0.0208. The quantitative estimate of drug-likeness (QED) is 0.775. The molecule has 0 radical (unpaired) electrons. The number of nitrogens with zero attached hydrogens (tertiary/aromatic N) is 3. The van der Waals surface area contributed by atoms with Crippen molar-refractivity contribution in [3.63, 3.8) is 0 Å². The summed E-state index contributed by atoms with van der Waals surface area (Å²) >= 11 is 0. The molecule has 0 aliphatic rings. The van der Waals surface area contributed by atoms with Gasteiger partial charge in [-0.3, -0.25) is 9.36 Å². The van der Waals surface area contributed by atoms with Crippen molar-refractivity contribution in [3.8, 4) is 0 Å². The van der Waals surface area contributed by atoms with Crippen LogP contribution in [0.5, 0.6) is 0 Å². The van der Waals surface area contributed by atoms with Crippen LogP contribution in [-0.4, -0.2) is 14.5 Å². The highest BCUT2D eigenvalue weighted by Gasteiger charge is 2.09. The van der Waals surface area contributed by atoms with Gasteiger partial charge in [0.1, 0.15) is 5.65 Å². The molecule has 2 aromatic heterocycles. The minimum absolute atomic E-state index is 0.0208. The number of hydrogen-bond donors (Lipinski definition) is 1. The maximum absolute atomic E-state index is 11.9. The normalized spacial score (nSPS) is 10.9. The number of nitrogens with two attached hydrogens (primary N) is 1. The van der Waals surface area contributed by atoms with E-state index in [1.807, 2.05) is 19.9 Å². The number of pyridine rings is 1. The zero-order chi connectivity index (χ0) is 11.9. The van der Waals surface area contributed by atoms with E-state index < -0.39 is 0 Å². The van der Waals surface area contributed by atoms with Gasteiger partial charge in [0.25, 0.3) is 5.56 Å². The van der Waals surface area contributed by atoms with Gasteiger partial charge in [-0.25, -0.2) is 4.98 Å². The average Bonchev–Trinajstić information content (AvgIpc) is 2.22. The molecule has 0 spiro atoms. The molecule has 0 amide bonds. The van der Waals surface area contributed by atoms with Crippen LogP contribution in [0.15, 0.2) is 10.9 Å². The van der Waals surface area contributed by atoms with E-state index in [-0.39, 0.29) is 11.5 Å². The lowest BCUT2D eigenvalue weighted by atomic mass is 10.2. The topological polar surface area (TPSA) is 73.8 Å². The van der Waals surface area contributed by atoms with Crippen LogP contribution in [-0.2, 0) is 6.54 Å².